The van der Waals surface area contributed by atoms with E-state index in [2.05, 4.69) is 0 Å². The van der Waals surface area contributed by atoms with Crippen LogP contribution in [0.3, 0.4) is 0 Å². The van der Waals surface area contributed by atoms with Crippen molar-refractivity contribution in [3.05, 3.63) is 33.2 Å². The highest BCUT2D eigenvalue weighted by molar-refractivity contribution is 6.00. The number of methoxy groups -OCH3 is 1. The molecule has 0 aliphatic carbocycles. The highest BCUT2D eigenvalue weighted by Crippen LogP contribution is 2.37. The zero-order chi connectivity index (χ0) is 15.7. The van der Waals surface area contributed by atoms with Gasteiger partial charge in [-0.15, -0.1) is 12.4 Å². The molecule has 2 rings (SSSR count). The highest BCUT2D eigenvalue weighted by atomic mass is 35.5. The van der Waals surface area contributed by atoms with Crippen molar-refractivity contribution in [3.8, 4) is 11.5 Å². The van der Waals surface area contributed by atoms with Gasteiger partial charge < -0.3 is 19.2 Å². The van der Waals surface area contributed by atoms with Crippen LogP contribution in [0.2, 0.25) is 0 Å². The molecule has 0 aliphatic heterocycles. The third-order valence-corrected chi connectivity index (χ3v) is 3.34. The van der Waals surface area contributed by atoms with Gasteiger partial charge in [-0.25, -0.2) is 4.79 Å². The third-order valence-electron chi connectivity index (χ3n) is 3.34. The van der Waals surface area contributed by atoms with Crippen molar-refractivity contribution in [2.24, 2.45) is 0 Å². The molecule has 0 unspecified atom stereocenters. The molecule has 0 radical (unpaired) electrons. The Kier molecular flexibility index (Phi) is 5.57. The fourth-order valence-electron chi connectivity index (χ4n) is 2.26. The van der Waals surface area contributed by atoms with Gasteiger partial charge in [0.05, 0.1) is 7.11 Å². The van der Waals surface area contributed by atoms with Gasteiger partial charge in [-0.2, -0.15) is 0 Å². The Bertz CT molecular complexity index is 767. The average molecular weight is 328 g/mol. The summed E-state index contributed by atoms with van der Waals surface area (Å²) in [5.74, 6) is -0.166. The van der Waals surface area contributed by atoms with Crippen LogP contribution in [-0.2, 0) is 6.54 Å². The zero-order valence-corrected chi connectivity index (χ0v) is 13.6. The fraction of sp³-hybridized carbons (Fsp3) is 0.333. The molecule has 1 aromatic heterocycles. The van der Waals surface area contributed by atoms with Gasteiger partial charge in [-0.05, 0) is 32.6 Å². The number of aldehydes is 1. The molecule has 22 heavy (non-hydrogen) atoms. The third kappa shape index (κ3) is 2.93. The second-order valence-electron chi connectivity index (χ2n) is 5.07. The minimum absolute atomic E-state index is 0. The van der Waals surface area contributed by atoms with Gasteiger partial charge in [0, 0.05) is 17.5 Å². The van der Waals surface area contributed by atoms with Crippen molar-refractivity contribution in [2.75, 3.05) is 21.2 Å². The summed E-state index contributed by atoms with van der Waals surface area (Å²) in [5.41, 5.74) is 0.692. The molecule has 2 aromatic rings. The van der Waals surface area contributed by atoms with E-state index in [0.29, 0.717) is 23.8 Å². The molecule has 0 spiro atoms. The van der Waals surface area contributed by atoms with E-state index < -0.39 is 5.63 Å². The average Bonchev–Trinajstić information content (AvgIpc) is 2.43. The lowest BCUT2D eigenvalue weighted by molar-refractivity contribution is 0.112. The first-order valence-corrected chi connectivity index (χ1v) is 6.36. The number of hydrogen-bond donors (Lipinski definition) is 1. The minimum Gasteiger partial charge on any atom is -0.504 e. The van der Waals surface area contributed by atoms with Crippen LogP contribution in [0.4, 0.5) is 0 Å². The molecular weight excluding hydrogens is 310 g/mol. The Labute approximate surface area is 133 Å². The Hall–Kier alpha value is -2.05. The summed E-state index contributed by atoms with van der Waals surface area (Å²) < 4.78 is 10.3. The van der Waals surface area contributed by atoms with Gasteiger partial charge in [-0.1, -0.05) is 0 Å². The second-order valence-corrected chi connectivity index (χ2v) is 5.07. The molecule has 0 aliphatic rings. The minimum atomic E-state index is -0.521. The normalized spacial score (nSPS) is 10.6. The topological polar surface area (TPSA) is 80.0 Å². The van der Waals surface area contributed by atoms with Crippen molar-refractivity contribution in [2.45, 2.75) is 13.5 Å². The van der Waals surface area contributed by atoms with E-state index in [9.17, 15) is 14.7 Å². The number of carbonyl (C=O) groups is 1. The summed E-state index contributed by atoms with van der Waals surface area (Å²) in [4.78, 5) is 25.1. The first kappa shape index (κ1) is 18.0. The molecule has 1 aromatic carbocycles. The van der Waals surface area contributed by atoms with Crippen LogP contribution in [-0.4, -0.2) is 37.5 Å². The molecule has 0 fully saturated rings. The van der Waals surface area contributed by atoms with Crippen molar-refractivity contribution in [1.29, 1.82) is 0 Å². The van der Waals surface area contributed by atoms with Gasteiger partial charge in [0.25, 0.3) is 0 Å². The van der Waals surface area contributed by atoms with E-state index in [1.54, 1.807) is 13.0 Å². The van der Waals surface area contributed by atoms with Crippen LogP contribution in [0.25, 0.3) is 11.0 Å². The first-order valence-electron chi connectivity index (χ1n) is 6.36. The number of halogens is 1. The van der Waals surface area contributed by atoms with E-state index in [-0.39, 0.29) is 35.1 Å². The summed E-state index contributed by atoms with van der Waals surface area (Å²) in [5, 5.41) is 10.6. The van der Waals surface area contributed by atoms with Gasteiger partial charge in [-0.3, -0.25) is 4.79 Å². The van der Waals surface area contributed by atoms with Gasteiger partial charge in [0.1, 0.15) is 5.56 Å². The predicted octanol–water partition coefficient (Wildman–Crippen LogP) is 2.11. The number of aromatic hydroxyl groups is 1. The van der Waals surface area contributed by atoms with Crippen LogP contribution >= 0.6 is 12.4 Å². The maximum atomic E-state index is 12.0. The number of benzene rings is 1. The van der Waals surface area contributed by atoms with E-state index in [1.165, 1.54) is 7.11 Å². The molecule has 120 valence electrons. The van der Waals surface area contributed by atoms with Crippen molar-refractivity contribution < 1.29 is 19.1 Å². The highest BCUT2D eigenvalue weighted by Gasteiger charge is 2.20. The molecule has 0 atom stereocenters. The zero-order valence-electron chi connectivity index (χ0n) is 12.8. The Morgan fingerprint density at radius 1 is 1.41 bits per heavy atom. The van der Waals surface area contributed by atoms with Crippen LogP contribution in [0, 0.1) is 6.92 Å². The number of nitrogens with zero attached hydrogens (tertiary/aromatic N) is 1. The molecule has 0 bridgehead atoms. The van der Waals surface area contributed by atoms with Gasteiger partial charge in [0.2, 0.25) is 0 Å². The lowest BCUT2D eigenvalue weighted by atomic mass is 10.0. The number of ether oxygens (including phenoxy) is 1. The van der Waals surface area contributed by atoms with Gasteiger partial charge >= 0.3 is 5.63 Å². The largest absolute Gasteiger partial charge is 0.504 e. The number of carbonyl (C=O) groups excluding carboxylic acids is 1. The maximum Gasteiger partial charge on any atom is 0.339 e. The molecule has 0 saturated heterocycles. The predicted molar refractivity (Wildman–Crippen MR) is 85.5 cm³/mol. The summed E-state index contributed by atoms with van der Waals surface area (Å²) in [6.07, 6.45) is 0.456. The van der Waals surface area contributed by atoms with Crippen LogP contribution in [0.1, 0.15) is 21.5 Å². The van der Waals surface area contributed by atoms with Crippen LogP contribution in [0.5, 0.6) is 11.5 Å². The van der Waals surface area contributed by atoms with Crippen molar-refractivity contribution >= 4 is 29.7 Å². The molecule has 7 heteroatoms. The first-order chi connectivity index (χ1) is 9.90. The fourth-order valence-corrected chi connectivity index (χ4v) is 2.26. The number of rotatable bonds is 4. The standard InChI is InChI=1S/C15H17NO5.ClH/c1-8-10(6-16(2)3)9-5-12(20-4)13(18)11(7-17)14(9)21-15(8)19;/h5,7,18H,6H2,1-4H3;1H. The summed E-state index contributed by atoms with van der Waals surface area (Å²) in [6.45, 7) is 2.17. The molecular formula is C15H18ClNO5. The maximum absolute atomic E-state index is 12.0. The van der Waals surface area contributed by atoms with E-state index >= 15 is 0 Å². The second kappa shape index (κ2) is 6.81. The lowest BCUT2D eigenvalue weighted by Crippen LogP contribution is -2.16. The lowest BCUT2D eigenvalue weighted by Gasteiger charge is -2.16. The summed E-state index contributed by atoms with van der Waals surface area (Å²) in [7, 11) is 5.14. The SMILES string of the molecule is COc1cc2c(CN(C)C)c(C)c(=O)oc2c(C=O)c1O.Cl. The van der Waals surface area contributed by atoms with Crippen LogP contribution in [0.15, 0.2) is 15.3 Å². The number of phenolic OH excluding ortho intramolecular Hbond substituents is 1. The van der Waals surface area contributed by atoms with Gasteiger partial charge in [0.15, 0.2) is 23.4 Å². The van der Waals surface area contributed by atoms with Crippen LogP contribution < -0.4 is 10.4 Å². The molecule has 1 heterocycles. The Morgan fingerprint density at radius 2 is 2.05 bits per heavy atom. The van der Waals surface area contributed by atoms with E-state index in [4.69, 9.17) is 9.15 Å². The number of fused-ring (bicyclic) bond motifs is 1. The molecule has 0 saturated carbocycles. The van der Waals surface area contributed by atoms with Crippen molar-refractivity contribution in [3.63, 3.8) is 0 Å². The monoisotopic (exact) mass is 327 g/mol. The quantitative estimate of drug-likeness (QED) is 0.684. The molecule has 0 amide bonds. The molecule has 1 N–H and O–H groups in total. The number of hydrogen-bond acceptors (Lipinski definition) is 6. The molecule has 6 nitrogen and oxygen atoms in total. The smallest absolute Gasteiger partial charge is 0.339 e. The Balaban J connectivity index is 0.00000242. The summed E-state index contributed by atoms with van der Waals surface area (Å²) in [6, 6.07) is 1.58. The Morgan fingerprint density at radius 3 is 2.55 bits per heavy atom. The van der Waals surface area contributed by atoms with Crippen molar-refractivity contribution in [1.82, 2.24) is 4.90 Å². The van der Waals surface area contributed by atoms with E-state index in [1.807, 2.05) is 19.0 Å². The summed E-state index contributed by atoms with van der Waals surface area (Å²) >= 11 is 0. The van der Waals surface area contributed by atoms with E-state index in [0.717, 1.165) is 5.56 Å². The number of phenols is 1.